The first-order valence-electron chi connectivity index (χ1n) is 8.42. The van der Waals surface area contributed by atoms with Crippen molar-refractivity contribution in [3.63, 3.8) is 0 Å². The van der Waals surface area contributed by atoms with Crippen molar-refractivity contribution in [3.8, 4) is 0 Å². The van der Waals surface area contributed by atoms with Crippen LogP contribution in [0.15, 0.2) is 42.6 Å². The number of hydrogen-bond donors (Lipinski definition) is 1. The van der Waals surface area contributed by atoms with E-state index in [-0.39, 0.29) is 11.6 Å². The highest BCUT2D eigenvalue weighted by Gasteiger charge is 2.21. The number of amides is 1. The molecule has 2 aromatic rings. The molecular formula is C18H22N4O3. The summed E-state index contributed by atoms with van der Waals surface area (Å²) >= 11 is 0. The summed E-state index contributed by atoms with van der Waals surface area (Å²) in [5.41, 5.74) is 1.29. The lowest BCUT2D eigenvalue weighted by Gasteiger charge is -2.34. The van der Waals surface area contributed by atoms with Crippen LogP contribution in [-0.4, -0.2) is 62.7 Å². The monoisotopic (exact) mass is 342 g/mol. The zero-order chi connectivity index (χ0) is 17.6. The van der Waals surface area contributed by atoms with Gasteiger partial charge in [-0.25, -0.2) is 4.79 Å². The van der Waals surface area contributed by atoms with E-state index in [4.69, 9.17) is 5.11 Å². The Morgan fingerprint density at radius 2 is 1.76 bits per heavy atom. The van der Waals surface area contributed by atoms with Crippen LogP contribution in [0.2, 0.25) is 0 Å². The van der Waals surface area contributed by atoms with Gasteiger partial charge in [0.1, 0.15) is 0 Å². The van der Waals surface area contributed by atoms with Gasteiger partial charge in [0.05, 0.1) is 0 Å². The maximum atomic E-state index is 12.3. The van der Waals surface area contributed by atoms with Gasteiger partial charge in [-0.05, 0) is 11.6 Å². The van der Waals surface area contributed by atoms with Crippen molar-refractivity contribution in [3.05, 3.63) is 53.9 Å². The molecule has 1 aliphatic heterocycles. The number of carbonyl (C=O) groups excluding carboxylic acids is 1. The second-order valence-electron chi connectivity index (χ2n) is 6.16. The number of nitrogens with zero attached hydrogens (tertiary/aromatic N) is 4. The van der Waals surface area contributed by atoms with Crippen molar-refractivity contribution >= 4 is 11.9 Å². The second-order valence-corrected chi connectivity index (χ2v) is 6.16. The molecule has 1 amide bonds. The normalized spacial score (nSPS) is 15.3. The highest BCUT2D eigenvalue weighted by molar-refractivity contribution is 5.85. The zero-order valence-corrected chi connectivity index (χ0v) is 14.0. The summed E-state index contributed by atoms with van der Waals surface area (Å²) in [4.78, 5) is 27.4. The fourth-order valence-corrected chi connectivity index (χ4v) is 2.97. The maximum Gasteiger partial charge on any atom is 0.356 e. The van der Waals surface area contributed by atoms with Crippen LogP contribution in [0.1, 0.15) is 22.5 Å². The van der Waals surface area contributed by atoms with E-state index in [0.717, 1.165) is 32.7 Å². The van der Waals surface area contributed by atoms with Crippen LogP contribution in [0.3, 0.4) is 0 Å². The Kier molecular flexibility index (Phi) is 5.45. The van der Waals surface area contributed by atoms with E-state index >= 15 is 0 Å². The lowest BCUT2D eigenvalue weighted by atomic mass is 10.2. The van der Waals surface area contributed by atoms with Crippen LogP contribution < -0.4 is 0 Å². The summed E-state index contributed by atoms with van der Waals surface area (Å²) < 4.78 is 1.51. The molecule has 3 rings (SSSR count). The van der Waals surface area contributed by atoms with Crippen molar-refractivity contribution in [2.45, 2.75) is 19.5 Å². The van der Waals surface area contributed by atoms with E-state index in [1.165, 1.54) is 16.3 Å². The number of aromatic nitrogens is 2. The minimum Gasteiger partial charge on any atom is -0.476 e. The SMILES string of the molecule is O=C(O)c1ccn(CCC(=O)N2CCN(Cc3ccccc3)CC2)n1. The highest BCUT2D eigenvalue weighted by Crippen LogP contribution is 2.09. The number of hydrogen-bond acceptors (Lipinski definition) is 4. The Labute approximate surface area is 146 Å². The summed E-state index contributed by atoms with van der Waals surface area (Å²) in [7, 11) is 0. The molecule has 7 nitrogen and oxygen atoms in total. The largest absolute Gasteiger partial charge is 0.476 e. The van der Waals surface area contributed by atoms with E-state index in [2.05, 4.69) is 22.1 Å². The summed E-state index contributed by atoms with van der Waals surface area (Å²) in [5.74, 6) is -0.966. The minimum absolute atomic E-state index is 0.00183. The number of rotatable bonds is 6. The van der Waals surface area contributed by atoms with Gasteiger partial charge in [0, 0.05) is 51.9 Å². The van der Waals surface area contributed by atoms with Crippen LogP contribution >= 0.6 is 0 Å². The topological polar surface area (TPSA) is 78.7 Å². The van der Waals surface area contributed by atoms with Gasteiger partial charge < -0.3 is 10.0 Å². The molecule has 0 atom stereocenters. The highest BCUT2D eigenvalue weighted by atomic mass is 16.4. The van der Waals surface area contributed by atoms with Gasteiger partial charge in [-0.2, -0.15) is 5.10 Å². The molecule has 0 radical (unpaired) electrons. The molecule has 1 aromatic heterocycles. The average molecular weight is 342 g/mol. The summed E-state index contributed by atoms with van der Waals surface area (Å²) in [6, 6.07) is 11.8. The van der Waals surface area contributed by atoms with Gasteiger partial charge in [0.15, 0.2) is 5.69 Å². The second kappa shape index (κ2) is 7.94. The standard InChI is InChI=1S/C18H22N4O3/c23-17(7-9-22-8-6-16(19-22)18(24)25)21-12-10-20(11-13-21)14-15-4-2-1-3-5-15/h1-6,8H,7,9-14H2,(H,24,25). The van der Waals surface area contributed by atoms with Crippen molar-refractivity contribution in [2.24, 2.45) is 0 Å². The number of piperazine rings is 1. The predicted octanol–water partition coefficient (Wildman–Crippen LogP) is 1.32. The molecule has 1 aliphatic rings. The summed E-state index contributed by atoms with van der Waals surface area (Å²) in [5, 5.41) is 12.8. The van der Waals surface area contributed by atoms with Crippen molar-refractivity contribution < 1.29 is 14.7 Å². The van der Waals surface area contributed by atoms with Crippen LogP contribution in [-0.2, 0) is 17.9 Å². The van der Waals surface area contributed by atoms with E-state index in [0.29, 0.717) is 13.0 Å². The van der Waals surface area contributed by atoms with Gasteiger partial charge >= 0.3 is 5.97 Å². The van der Waals surface area contributed by atoms with Gasteiger partial charge in [0.2, 0.25) is 5.91 Å². The van der Waals surface area contributed by atoms with Crippen LogP contribution in [0.4, 0.5) is 0 Å². The van der Waals surface area contributed by atoms with Gasteiger partial charge in [0.25, 0.3) is 0 Å². The molecule has 1 fully saturated rings. The van der Waals surface area contributed by atoms with Gasteiger partial charge in [-0.3, -0.25) is 14.4 Å². The third-order valence-corrected chi connectivity index (χ3v) is 4.39. The van der Waals surface area contributed by atoms with Gasteiger partial charge in [-0.15, -0.1) is 0 Å². The molecule has 7 heteroatoms. The van der Waals surface area contributed by atoms with E-state index in [1.54, 1.807) is 6.20 Å². The fourth-order valence-electron chi connectivity index (χ4n) is 2.97. The van der Waals surface area contributed by atoms with E-state index < -0.39 is 5.97 Å². The molecule has 0 unspecified atom stereocenters. The molecule has 0 bridgehead atoms. The smallest absolute Gasteiger partial charge is 0.356 e. The first-order chi connectivity index (χ1) is 12.1. The molecule has 25 heavy (non-hydrogen) atoms. The Hall–Kier alpha value is -2.67. The first kappa shape index (κ1) is 17.2. The average Bonchev–Trinajstić information content (AvgIpc) is 3.11. The Balaban J connectivity index is 1.42. The number of aromatic carboxylic acids is 1. The molecule has 1 aromatic carbocycles. The fraction of sp³-hybridized carbons (Fsp3) is 0.389. The lowest BCUT2D eigenvalue weighted by Crippen LogP contribution is -2.48. The molecular weight excluding hydrogens is 320 g/mol. The van der Waals surface area contributed by atoms with Crippen LogP contribution in [0, 0.1) is 0 Å². The molecule has 0 spiro atoms. The van der Waals surface area contributed by atoms with Gasteiger partial charge in [-0.1, -0.05) is 30.3 Å². The minimum atomic E-state index is -1.06. The summed E-state index contributed by atoms with van der Waals surface area (Å²) in [6.45, 7) is 4.50. The van der Waals surface area contributed by atoms with Crippen molar-refractivity contribution in [2.75, 3.05) is 26.2 Å². The number of carboxylic acid groups (broad SMARTS) is 1. The Morgan fingerprint density at radius 3 is 2.40 bits per heavy atom. The van der Waals surface area contributed by atoms with E-state index in [1.807, 2.05) is 23.1 Å². The number of aryl methyl sites for hydroxylation is 1. The summed E-state index contributed by atoms with van der Waals surface area (Å²) in [6.07, 6.45) is 1.92. The van der Waals surface area contributed by atoms with Crippen molar-refractivity contribution in [1.82, 2.24) is 19.6 Å². The van der Waals surface area contributed by atoms with Crippen LogP contribution in [0.25, 0.3) is 0 Å². The Bertz CT molecular complexity index is 721. The third-order valence-electron chi connectivity index (χ3n) is 4.39. The van der Waals surface area contributed by atoms with Crippen molar-refractivity contribution in [1.29, 1.82) is 0 Å². The molecule has 0 aliphatic carbocycles. The maximum absolute atomic E-state index is 12.3. The number of benzene rings is 1. The third kappa shape index (κ3) is 4.67. The number of carbonyl (C=O) groups is 2. The molecule has 1 N–H and O–H groups in total. The molecule has 1 saturated heterocycles. The lowest BCUT2D eigenvalue weighted by molar-refractivity contribution is -0.133. The molecule has 2 heterocycles. The zero-order valence-electron chi connectivity index (χ0n) is 14.0. The number of carboxylic acids is 1. The molecule has 132 valence electrons. The Morgan fingerprint density at radius 1 is 1.04 bits per heavy atom. The predicted molar refractivity (Wildman–Crippen MR) is 92.1 cm³/mol. The first-order valence-corrected chi connectivity index (χ1v) is 8.42. The quantitative estimate of drug-likeness (QED) is 0.856. The molecule has 0 saturated carbocycles. The van der Waals surface area contributed by atoms with Crippen LogP contribution in [0.5, 0.6) is 0 Å². The van der Waals surface area contributed by atoms with E-state index in [9.17, 15) is 9.59 Å².